The predicted octanol–water partition coefficient (Wildman–Crippen LogP) is 2.66. The number of hydrazone groups is 1. The van der Waals surface area contributed by atoms with Crippen molar-refractivity contribution in [3.63, 3.8) is 0 Å². The molecule has 156 valence electrons. The van der Waals surface area contributed by atoms with Crippen molar-refractivity contribution in [1.82, 2.24) is 5.32 Å². The number of carbonyl (C=O) groups excluding carboxylic acids is 1. The molecule has 1 N–H and O–H groups in total. The molecule has 3 aromatic rings. The minimum atomic E-state index is -0.818. The second-order valence-corrected chi connectivity index (χ2v) is 7.36. The molecule has 0 aromatic heterocycles. The van der Waals surface area contributed by atoms with Crippen LogP contribution in [-0.4, -0.2) is 35.9 Å². The first-order valence-electron chi connectivity index (χ1n) is 10.0. The molecule has 0 spiro atoms. The van der Waals surface area contributed by atoms with Gasteiger partial charge in [-0.1, -0.05) is 64.8 Å². The fourth-order valence-electron chi connectivity index (χ4n) is 3.61. The van der Waals surface area contributed by atoms with E-state index in [1.54, 1.807) is 42.3 Å². The Hall–Kier alpha value is -3.93. The SMILES string of the molecule is COc1ccccc1/C=[N+]1\N=C([O-])C(NC(=O)c2ccccc2)C1c1ccc(C)cc1. The van der Waals surface area contributed by atoms with E-state index < -0.39 is 18.0 Å². The molecule has 3 aromatic carbocycles. The van der Waals surface area contributed by atoms with Gasteiger partial charge >= 0.3 is 0 Å². The van der Waals surface area contributed by atoms with Crippen molar-refractivity contribution in [3.8, 4) is 5.75 Å². The van der Waals surface area contributed by atoms with Crippen LogP contribution in [0.5, 0.6) is 5.75 Å². The van der Waals surface area contributed by atoms with Crippen molar-refractivity contribution in [2.45, 2.75) is 19.0 Å². The number of carbonyl (C=O) groups is 1. The van der Waals surface area contributed by atoms with Crippen molar-refractivity contribution in [2.24, 2.45) is 5.10 Å². The van der Waals surface area contributed by atoms with Crippen LogP contribution in [0.15, 0.2) is 84.0 Å². The van der Waals surface area contributed by atoms with Gasteiger partial charge in [0.15, 0.2) is 0 Å². The molecular formula is C25H23N3O3. The highest BCUT2D eigenvalue weighted by atomic mass is 16.5. The summed E-state index contributed by atoms with van der Waals surface area (Å²) >= 11 is 0. The lowest BCUT2D eigenvalue weighted by Crippen LogP contribution is -2.47. The molecule has 0 bridgehead atoms. The van der Waals surface area contributed by atoms with Gasteiger partial charge in [-0.05, 0) is 36.3 Å². The van der Waals surface area contributed by atoms with E-state index in [4.69, 9.17) is 4.74 Å². The number of aryl methyl sites for hydroxylation is 1. The molecule has 0 radical (unpaired) electrons. The van der Waals surface area contributed by atoms with Crippen LogP contribution in [0.1, 0.15) is 33.1 Å². The lowest BCUT2D eigenvalue weighted by molar-refractivity contribution is -0.565. The smallest absolute Gasteiger partial charge is 0.252 e. The zero-order chi connectivity index (χ0) is 21.8. The van der Waals surface area contributed by atoms with Crippen molar-refractivity contribution in [1.29, 1.82) is 0 Å². The maximum absolute atomic E-state index is 12.9. The second kappa shape index (κ2) is 8.83. The molecule has 6 heteroatoms. The van der Waals surface area contributed by atoms with E-state index in [-0.39, 0.29) is 5.91 Å². The summed E-state index contributed by atoms with van der Waals surface area (Å²) in [6.45, 7) is 2.00. The first kappa shape index (κ1) is 20.3. The first-order valence-corrected chi connectivity index (χ1v) is 10.0. The van der Waals surface area contributed by atoms with Crippen molar-refractivity contribution < 1.29 is 19.3 Å². The van der Waals surface area contributed by atoms with Gasteiger partial charge in [0.25, 0.3) is 5.91 Å². The standard InChI is InChI=1S/C25H23N3O3/c1-17-12-14-18(15-13-17)23-22(26-24(29)19-8-4-3-5-9-19)25(30)27-28(23)16-20-10-6-7-11-21(20)31-2/h3-16,22-23H,1-2H3,(H-,26,27,29,30)/b28-16-. The first-order chi connectivity index (χ1) is 15.1. The Bertz CT molecular complexity index is 1140. The Labute approximate surface area is 181 Å². The molecule has 0 aliphatic carbocycles. The number of hydrogen-bond donors (Lipinski definition) is 1. The molecule has 0 saturated heterocycles. The van der Waals surface area contributed by atoms with Crippen molar-refractivity contribution in [3.05, 3.63) is 101 Å². The monoisotopic (exact) mass is 413 g/mol. The molecule has 1 aliphatic rings. The van der Waals surface area contributed by atoms with Gasteiger partial charge in [-0.15, -0.1) is 0 Å². The lowest BCUT2D eigenvalue weighted by atomic mass is 9.98. The van der Waals surface area contributed by atoms with Crippen LogP contribution in [0.2, 0.25) is 0 Å². The summed E-state index contributed by atoms with van der Waals surface area (Å²) in [5.41, 5.74) is 3.26. The Balaban J connectivity index is 1.74. The number of hydrogen-bond acceptors (Lipinski definition) is 4. The molecule has 4 rings (SSSR count). The molecular weight excluding hydrogens is 390 g/mol. The van der Waals surface area contributed by atoms with Crippen LogP contribution in [0, 0.1) is 6.92 Å². The number of nitrogens with zero attached hydrogens (tertiary/aromatic N) is 2. The van der Waals surface area contributed by atoms with E-state index in [9.17, 15) is 9.90 Å². The van der Waals surface area contributed by atoms with Crippen LogP contribution < -0.4 is 15.2 Å². The van der Waals surface area contributed by atoms with Crippen molar-refractivity contribution in [2.75, 3.05) is 7.11 Å². The molecule has 2 unspecified atom stereocenters. The number of amides is 1. The molecule has 1 aliphatic heterocycles. The van der Waals surface area contributed by atoms with Crippen LogP contribution in [0.25, 0.3) is 0 Å². The van der Waals surface area contributed by atoms with Gasteiger partial charge in [0.05, 0.1) is 18.6 Å². The van der Waals surface area contributed by atoms with E-state index in [1.165, 1.54) is 0 Å². The fraction of sp³-hybridized carbons (Fsp3) is 0.160. The zero-order valence-electron chi connectivity index (χ0n) is 17.4. The van der Waals surface area contributed by atoms with Crippen molar-refractivity contribution >= 4 is 18.0 Å². The van der Waals surface area contributed by atoms with Crippen LogP contribution in [0.3, 0.4) is 0 Å². The summed E-state index contributed by atoms with van der Waals surface area (Å²) in [6, 6.07) is 22.9. The normalized spacial score (nSPS) is 19.2. The fourth-order valence-corrected chi connectivity index (χ4v) is 3.61. The third kappa shape index (κ3) is 4.33. The van der Waals surface area contributed by atoms with Gasteiger partial charge in [-0.2, -0.15) is 0 Å². The molecule has 6 nitrogen and oxygen atoms in total. The van der Waals surface area contributed by atoms with E-state index >= 15 is 0 Å². The zero-order valence-corrected chi connectivity index (χ0v) is 17.4. The minimum Gasteiger partial charge on any atom is -0.856 e. The Morgan fingerprint density at radius 1 is 1.03 bits per heavy atom. The molecule has 1 heterocycles. The van der Waals surface area contributed by atoms with Gasteiger partial charge in [-0.3, -0.25) is 4.79 Å². The third-order valence-electron chi connectivity index (χ3n) is 5.23. The number of benzene rings is 3. The number of nitrogens with one attached hydrogen (secondary N) is 1. The summed E-state index contributed by atoms with van der Waals surface area (Å²) in [5.74, 6) is -0.0454. The van der Waals surface area contributed by atoms with Crippen LogP contribution in [0.4, 0.5) is 0 Å². The van der Waals surface area contributed by atoms with Gasteiger partial charge in [0.2, 0.25) is 12.3 Å². The van der Waals surface area contributed by atoms with Crippen LogP contribution in [-0.2, 0) is 0 Å². The van der Waals surface area contributed by atoms with Gasteiger partial charge in [0, 0.05) is 11.1 Å². The van der Waals surface area contributed by atoms with E-state index in [0.717, 1.165) is 16.7 Å². The van der Waals surface area contributed by atoms with E-state index in [2.05, 4.69) is 10.4 Å². The van der Waals surface area contributed by atoms with Gasteiger partial charge < -0.3 is 15.2 Å². The average Bonchev–Trinajstić information content (AvgIpc) is 3.09. The predicted molar refractivity (Wildman–Crippen MR) is 117 cm³/mol. The Morgan fingerprint density at radius 2 is 1.71 bits per heavy atom. The van der Waals surface area contributed by atoms with E-state index in [1.807, 2.05) is 61.5 Å². The number of methoxy groups -OCH3 is 1. The topological polar surface area (TPSA) is 76.8 Å². The number of para-hydroxylation sites is 1. The molecule has 2 atom stereocenters. The molecule has 0 saturated carbocycles. The lowest BCUT2D eigenvalue weighted by Gasteiger charge is -2.20. The third-order valence-corrected chi connectivity index (χ3v) is 5.23. The van der Waals surface area contributed by atoms with E-state index in [0.29, 0.717) is 11.3 Å². The number of ether oxygens (including phenoxy) is 1. The minimum absolute atomic E-state index is 0.314. The quantitative estimate of drug-likeness (QED) is 0.654. The van der Waals surface area contributed by atoms with Gasteiger partial charge in [-0.25, -0.2) is 0 Å². The second-order valence-electron chi connectivity index (χ2n) is 7.36. The average molecular weight is 413 g/mol. The molecule has 31 heavy (non-hydrogen) atoms. The van der Waals surface area contributed by atoms with Gasteiger partial charge in [0.1, 0.15) is 11.8 Å². The summed E-state index contributed by atoms with van der Waals surface area (Å²) in [7, 11) is 1.60. The molecule has 0 fully saturated rings. The highest BCUT2D eigenvalue weighted by Gasteiger charge is 2.41. The molecule has 1 amide bonds. The maximum Gasteiger partial charge on any atom is 0.252 e. The Morgan fingerprint density at radius 3 is 2.42 bits per heavy atom. The van der Waals surface area contributed by atoms with Crippen LogP contribution >= 0.6 is 0 Å². The summed E-state index contributed by atoms with van der Waals surface area (Å²) in [5, 5.41) is 20.0. The largest absolute Gasteiger partial charge is 0.856 e. The Kier molecular flexibility index (Phi) is 5.80. The highest BCUT2D eigenvalue weighted by molar-refractivity contribution is 5.97. The number of rotatable bonds is 5. The highest BCUT2D eigenvalue weighted by Crippen LogP contribution is 2.28. The maximum atomic E-state index is 12.9. The summed E-state index contributed by atoms with van der Waals surface area (Å²) in [6.07, 6.45) is 1.77. The summed E-state index contributed by atoms with van der Waals surface area (Å²) in [4.78, 5) is 12.8. The summed E-state index contributed by atoms with van der Waals surface area (Å²) < 4.78 is 7.05.